The molecule has 1 aromatic rings. The molecule has 70 valence electrons. The van der Waals surface area contributed by atoms with Crippen LogP contribution < -0.4 is 0 Å². The molecule has 0 N–H and O–H groups in total. The molecule has 1 aromatic carbocycles. The fourth-order valence-electron chi connectivity index (χ4n) is 1.27. The zero-order chi connectivity index (χ0) is 9.10. The lowest BCUT2D eigenvalue weighted by molar-refractivity contribution is 0.262. The highest BCUT2D eigenvalue weighted by atomic mass is 31.2. The third-order valence-electron chi connectivity index (χ3n) is 1.91. The predicted molar refractivity (Wildman–Crippen MR) is 53.6 cm³/mol. The van der Waals surface area contributed by atoms with Crippen LogP contribution in [0.5, 0.6) is 0 Å². The number of hydrogen-bond donors (Lipinski definition) is 0. The highest BCUT2D eigenvalue weighted by Crippen LogP contribution is 2.47. The van der Waals surface area contributed by atoms with Crippen molar-refractivity contribution in [3.63, 3.8) is 0 Å². The molecular formula is C10H13O2P. The molecule has 1 unspecified atom stereocenters. The van der Waals surface area contributed by atoms with Gasteiger partial charge in [-0.1, -0.05) is 30.3 Å². The first-order chi connectivity index (χ1) is 6.34. The van der Waals surface area contributed by atoms with Crippen LogP contribution in [-0.2, 0) is 15.2 Å². The van der Waals surface area contributed by atoms with E-state index in [9.17, 15) is 0 Å². The summed E-state index contributed by atoms with van der Waals surface area (Å²) in [7, 11) is -0.661. The molecule has 1 aliphatic heterocycles. The second-order valence-corrected chi connectivity index (χ2v) is 4.64. The Balaban J connectivity index is 1.92. The number of rotatable bonds is 2. The molecule has 1 fully saturated rings. The summed E-state index contributed by atoms with van der Waals surface area (Å²) in [6, 6.07) is 10.3. The third-order valence-corrected chi connectivity index (χ3v) is 3.56. The van der Waals surface area contributed by atoms with Gasteiger partial charge in [-0.2, -0.15) is 0 Å². The molecule has 0 spiro atoms. The van der Waals surface area contributed by atoms with Gasteiger partial charge in [0.2, 0.25) is 0 Å². The van der Waals surface area contributed by atoms with Crippen molar-refractivity contribution in [3.05, 3.63) is 35.9 Å². The maximum atomic E-state index is 5.61. The quantitative estimate of drug-likeness (QED) is 0.677. The first kappa shape index (κ1) is 9.14. The maximum Gasteiger partial charge on any atom is 0.175 e. The molecule has 0 amide bonds. The summed E-state index contributed by atoms with van der Waals surface area (Å²) in [5, 5.41) is 0. The Kier molecular flexibility index (Phi) is 2.94. The fourth-order valence-corrected chi connectivity index (χ4v) is 2.84. The van der Waals surface area contributed by atoms with Gasteiger partial charge in [0.05, 0.1) is 12.7 Å². The van der Waals surface area contributed by atoms with Crippen molar-refractivity contribution >= 4 is 8.38 Å². The van der Waals surface area contributed by atoms with Crippen LogP contribution in [0.25, 0.3) is 0 Å². The number of hydrogen-bond acceptors (Lipinski definition) is 2. The van der Waals surface area contributed by atoms with E-state index in [1.807, 2.05) is 25.1 Å². The number of benzene rings is 1. The molecule has 1 saturated heterocycles. The van der Waals surface area contributed by atoms with Gasteiger partial charge in [-0.25, -0.2) is 0 Å². The van der Waals surface area contributed by atoms with E-state index in [-0.39, 0.29) is 6.10 Å². The Bertz CT molecular complexity index is 263. The van der Waals surface area contributed by atoms with Gasteiger partial charge in [-0.3, -0.25) is 0 Å². The highest BCUT2D eigenvalue weighted by Gasteiger charge is 2.23. The van der Waals surface area contributed by atoms with Gasteiger partial charge in [0.25, 0.3) is 0 Å². The van der Waals surface area contributed by atoms with Gasteiger partial charge in [-0.05, 0) is 12.5 Å². The molecule has 0 radical (unpaired) electrons. The van der Waals surface area contributed by atoms with Crippen LogP contribution in [0, 0.1) is 0 Å². The molecule has 2 rings (SSSR count). The SMILES string of the molecule is C[C@@H]1COP(Cc2ccccc2)O1. The lowest BCUT2D eigenvalue weighted by Crippen LogP contribution is -1.99. The molecule has 0 bridgehead atoms. The zero-order valence-corrected chi connectivity index (χ0v) is 8.54. The van der Waals surface area contributed by atoms with Crippen LogP contribution in [0.1, 0.15) is 12.5 Å². The minimum atomic E-state index is -0.661. The molecular weight excluding hydrogens is 183 g/mol. The largest absolute Gasteiger partial charge is 0.331 e. The lowest BCUT2D eigenvalue weighted by atomic mass is 10.2. The normalized spacial score (nSPS) is 27.8. The first-order valence-electron chi connectivity index (χ1n) is 4.46. The van der Waals surface area contributed by atoms with Crippen LogP contribution in [0.2, 0.25) is 0 Å². The highest BCUT2D eigenvalue weighted by molar-refractivity contribution is 7.46. The maximum absolute atomic E-state index is 5.61. The topological polar surface area (TPSA) is 18.5 Å². The summed E-state index contributed by atoms with van der Waals surface area (Å²) in [5.41, 5.74) is 1.29. The molecule has 0 saturated carbocycles. The van der Waals surface area contributed by atoms with Crippen molar-refractivity contribution in [1.29, 1.82) is 0 Å². The summed E-state index contributed by atoms with van der Waals surface area (Å²) < 4.78 is 11.1. The Morgan fingerprint density at radius 2 is 2.15 bits per heavy atom. The van der Waals surface area contributed by atoms with Crippen molar-refractivity contribution in [2.45, 2.75) is 19.2 Å². The molecule has 0 aliphatic carbocycles. The van der Waals surface area contributed by atoms with E-state index in [2.05, 4.69) is 12.1 Å². The van der Waals surface area contributed by atoms with Crippen molar-refractivity contribution in [3.8, 4) is 0 Å². The van der Waals surface area contributed by atoms with Crippen LogP contribution in [-0.4, -0.2) is 12.7 Å². The molecule has 3 heteroatoms. The Labute approximate surface area is 79.8 Å². The van der Waals surface area contributed by atoms with Crippen molar-refractivity contribution in [2.24, 2.45) is 0 Å². The summed E-state index contributed by atoms with van der Waals surface area (Å²) >= 11 is 0. The second-order valence-electron chi connectivity index (χ2n) is 3.19. The Hall–Kier alpha value is -0.430. The van der Waals surface area contributed by atoms with E-state index in [4.69, 9.17) is 9.05 Å². The van der Waals surface area contributed by atoms with Gasteiger partial charge in [0.1, 0.15) is 0 Å². The fraction of sp³-hybridized carbons (Fsp3) is 0.400. The summed E-state index contributed by atoms with van der Waals surface area (Å²) in [6.07, 6.45) is 1.19. The van der Waals surface area contributed by atoms with E-state index in [0.29, 0.717) is 0 Å². The van der Waals surface area contributed by atoms with Crippen LogP contribution >= 0.6 is 8.38 Å². The molecule has 0 aromatic heterocycles. The molecule has 1 aliphatic rings. The standard InChI is InChI=1S/C10H13O2P/c1-9-7-11-13(12-9)8-10-5-3-2-4-6-10/h2-6,9H,7-8H2,1H3/t9-,13?/m1/s1. The minimum Gasteiger partial charge on any atom is -0.331 e. The summed E-state index contributed by atoms with van der Waals surface area (Å²) in [5.74, 6) is 0. The Morgan fingerprint density at radius 1 is 1.38 bits per heavy atom. The van der Waals surface area contributed by atoms with Gasteiger partial charge < -0.3 is 9.05 Å². The van der Waals surface area contributed by atoms with Crippen LogP contribution in [0.4, 0.5) is 0 Å². The molecule has 2 nitrogen and oxygen atoms in total. The Morgan fingerprint density at radius 3 is 2.77 bits per heavy atom. The average molecular weight is 196 g/mol. The average Bonchev–Trinajstić information content (AvgIpc) is 2.53. The van der Waals surface area contributed by atoms with Gasteiger partial charge >= 0.3 is 0 Å². The van der Waals surface area contributed by atoms with E-state index in [1.165, 1.54) is 5.56 Å². The summed E-state index contributed by atoms with van der Waals surface area (Å²) in [6.45, 7) is 2.80. The molecule has 13 heavy (non-hydrogen) atoms. The zero-order valence-electron chi connectivity index (χ0n) is 7.64. The predicted octanol–water partition coefficient (Wildman–Crippen LogP) is 2.93. The van der Waals surface area contributed by atoms with Gasteiger partial charge in [0.15, 0.2) is 8.38 Å². The van der Waals surface area contributed by atoms with E-state index in [0.717, 1.165) is 12.8 Å². The second kappa shape index (κ2) is 4.19. The summed E-state index contributed by atoms with van der Waals surface area (Å²) in [4.78, 5) is 0. The van der Waals surface area contributed by atoms with Crippen molar-refractivity contribution in [1.82, 2.24) is 0 Å². The van der Waals surface area contributed by atoms with Gasteiger partial charge in [0, 0.05) is 6.16 Å². The van der Waals surface area contributed by atoms with Crippen LogP contribution in [0.3, 0.4) is 0 Å². The molecule has 2 atom stereocenters. The van der Waals surface area contributed by atoms with E-state index in [1.54, 1.807) is 0 Å². The van der Waals surface area contributed by atoms with Crippen LogP contribution in [0.15, 0.2) is 30.3 Å². The molecule has 1 heterocycles. The first-order valence-corrected chi connectivity index (χ1v) is 5.82. The van der Waals surface area contributed by atoms with E-state index < -0.39 is 8.38 Å². The minimum absolute atomic E-state index is 0.273. The smallest absolute Gasteiger partial charge is 0.175 e. The van der Waals surface area contributed by atoms with Gasteiger partial charge in [-0.15, -0.1) is 0 Å². The van der Waals surface area contributed by atoms with Crippen molar-refractivity contribution in [2.75, 3.05) is 6.61 Å². The van der Waals surface area contributed by atoms with E-state index >= 15 is 0 Å². The monoisotopic (exact) mass is 196 g/mol. The third kappa shape index (κ3) is 2.50. The van der Waals surface area contributed by atoms with Crippen molar-refractivity contribution < 1.29 is 9.05 Å². The lowest BCUT2D eigenvalue weighted by Gasteiger charge is -2.07.